The van der Waals surface area contributed by atoms with Gasteiger partial charge in [-0.2, -0.15) is 13.2 Å². The summed E-state index contributed by atoms with van der Waals surface area (Å²) < 4.78 is 64.2. The number of nitrogens with zero attached hydrogens (tertiary/aromatic N) is 4. The number of carbonyl (C=O) groups excluding carboxylic acids is 1. The lowest BCUT2D eigenvalue weighted by Gasteiger charge is -2.18. The number of fused-ring (bicyclic) bond motifs is 1. The third kappa shape index (κ3) is 5.29. The minimum atomic E-state index is -4.54. The third-order valence-corrected chi connectivity index (χ3v) is 5.24. The van der Waals surface area contributed by atoms with E-state index in [-0.39, 0.29) is 34.7 Å². The summed E-state index contributed by atoms with van der Waals surface area (Å²) in [6.45, 7) is 0. The Hall–Kier alpha value is -4.41. The molecule has 1 amide bonds. The highest BCUT2D eigenvalue weighted by Crippen LogP contribution is 2.29. The van der Waals surface area contributed by atoms with Crippen molar-refractivity contribution in [2.75, 3.05) is 24.3 Å². The van der Waals surface area contributed by atoms with Crippen LogP contribution in [0.5, 0.6) is 0 Å². The number of anilines is 2. The number of imidazole rings is 1. The molecule has 4 aromatic rings. The molecule has 2 aromatic carbocycles. The van der Waals surface area contributed by atoms with Crippen LogP contribution in [0.1, 0.15) is 35.6 Å². The summed E-state index contributed by atoms with van der Waals surface area (Å²) in [5, 5.41) is 10.1. The Morgan fingerprint density at radius 3 is 2.39 bits per heavy atom. The van der Waals surface area contributed by atoms with Gasteiger partial charge in [0.15, 0.2) is 1.41 Å². The first-order chi connectivity index (χ1) is 18.2. The van der Waals surface area contributed by atoms with Crippen molar-refractivity contribution in [3.63, 3.8) is 0 Å². The molecule has 4 rings (SSSR count). The normalized spacial score (nSPS) is 13.1. The molecule has 0 aliphatic carbocycles. The van der Waals surface area contributed by atoms with Crippen molar-refractivity contribution >= 4 is 29.0 Å². The van der Waals surface area contributed by atoms with Gasteiger partial charge in [0.25, 0.3) is 5.91 Å². The number of hydrogen-bond donors (Lipinski definition) is 2. The first-order valence-corrected chi connectivity index (χ1v) is 10.6. The maximum Gasteiger partial charge on any atom is 0.416 e. The topological polar surface area (TPSA) is 99.8 Å². The smallest absolute Gasteiger partial charge is 0.416 e. The Bertz CT molecular complexity index is 1540. The molecule has 0 aliphatic heterocycles. The molecule has 0 bridgehead atoms. The number of alkyl halides is 3. The highest BCUT2D eigenvalue weighted by molar-refractivity contribution is 6.04. The standard InChI is InChI=1S/C25H22F3N5O3/c1-32(2)23-19(14-21(34)35)22-29-11-12-33(22)20(31-23)13-15-3-9-18(10-4-15)30-24(36)16-5-7-17(8-6-16)25(26,27)28/h3-12H,13-14H2,1-2H3,(H,30,36)(H,34,35)/i14D2/hD. The van der Waals surface area contributed by atoms with Gasteiger partial charge in [-0.1, -0.05) is 12.1 Å². The fourth-order valence-electron chi connectivity index (χ4n) is 3.55. The Morgan fingerprint density at radius 1 is 1.14 bits per heavy atom. The summed E-state index contributed by atoms with van der Waals surface area (Å²) in [4.78, 5) is 34.5. The number of carboxylic acid groups (broad SMARTS) is 1. The molecule has 0 fully saturated rings. The summed E-state index contributed by atoms with van der Waals surface area (Å²) in [7, 11) is 3.22. The molecular formula is C25H22F3N5O3. The van der Waals surface area contributed by atoms with Crippen LogP contribution in [-0.2, 0) is 23.8 Å². The Balaban J connectivity index is 1.61. The van der Waals surface area contributed by atoms with E-state index in [1.54, 1.807) is 32.4 Å². The number of aromatic nitrogens is 3. The van der Waals surface area contributed by atoms with Gasteiger partial charge in [0.05, 0.1) is 11.9 Å². The monoisotopic (exact) mass is 500 g/mol. The third-order valence-electron chi connectivity index (χ3n) is 5.24. The Labute approximate surface area is 208 Å². The van der Waals surface area contributed by atoms with E-state index in [0.29, 0.717) is 16.7 Å². The van der Waals surface area contributed by atoms with Crippen molar-refractivity contribution in [3.8, 4) is 0 Å². The van der Waals surface area contributed by atoms with Crippen molar-refractivity contribution in [1.29, 1.82) is 0 Å². The molecule has 0 aliphatic rings. The lowest BCUT2D eigenvalue weighted by molar-refractivity contribution is -0.138. The Morgan fingerprint density at radius 2 is 1.81 bits per heavy atom. The minimum absolute atomic E-state index is 0.0775. The number of benzene rings is 2. The van der Waals surface area contributed by atoms with E-state index in [1.807, 2.05) is 0 Å². The quantitative estimate of drug-likeness (QED) is 0.393. The highest BCUT2D eigenvalue weighted by Gasteiger charge is 2.30. The summed E-state index contributed by atoms with van der Waals surface area (Å²) in [5.41, 5.74) is -0.168. The molecule has 0 spiro atoms. The van der Waals surface area contributed by atoms with E-state index in [0.717, 1.165) is 24.3 Å². The summed E-state index contributed by atoms with van der Waals surface area (Å²) in [6, 6.07) is 9.87. The van der Waals surface area contributed by atoms with E-state index in [2.05, 4.69) is 9.97 Å². The number of aliphatic carboxylic acids is 1. The number of halogens is 3. The van der Waals surface area contributed by atoms with Crippen LogP contribution in [0.15, 0.2) is 60.9 Å². The zero-order chi connectivity index (χ0) is 28.7. The van der Waals surface area contributed by atoms with Crippen molar-refractivity contribution in [2.24, 2.45) is 0 Å². The lowest BCUT2D eigenvalue weighted by atomic mass is 10.1. The molecule has 2 aromatic heterocycles. The SMILES string of the molecule is [2H]N(C(=O)c1ccc(C(F)(F)F)cc1)c1ccc(Cc2nc(N(C)C)c(C([2H])([2H])C(=O)O)c3nccn23)cc1. The van der Waals surface area contributed by atoms with Crippen LogP contribution in [0.2, 0.25) is 1.41 Å². The van der Waals surface area contributed by atoms with Crippen LogP contribution in [-0.4, -0.2) is 45.4 Å². The van der Waals surface area contributed by atoms with E-state index in [9.17, 15) is 27.9 Å². The average Bonchev–Trinajstić information content (AvgIpc) is 3.37. The summed E-state index contributed by atoms with van der Waals surface area (Å²) in [5.74, 6) is -1.94. The zero-order valence-electron chi connectivity index (χ0n) is 22.1. The maximum atomic E-state index is 12.8. The molecule has 36 heavy (non-hydrogen) atoms. The van der Waals surface area contributed by atoms with Gasteiger partial charge in [-0.25, -0.2) is 9.97 Å². The molecular weight excluding hydrogens is 475 g/mol. The fraction of sp³-hybridized carbons (Fsp3) is 0.200. The maximum absolute atomic E-state index is 12.8. The summed E-state index contributed by atoms with van der Waals surface area (Å²) >= 11 is 0. The number of rotatable bonds is 7. The van der Waals surface area contributed by atoms with Gasteiger partial charge in [0.1, 0.15) is 17.3 Å². The van der Waals surface area contributed by atoms with Gasteiger partial charge < -0.3 is 15.3 Å². The molecule has 8 nitrogen and oxygen atoms in total. The molecule has 0 saturated heterocycles. The van der Waals surface area contributed by atoms with Crippen LogP contribution in [0.4, 0.5) is 24.7 Å². The van der Waals surface area contributed by atoms with Gasteiger partial charge in [-0.15, -0.1) is 0 Å². The zero-order valence-corrected chi connectivity index (χ0v) is 19.1. The van der Waals surface area contributed by atoms with Crippen LogP contribution in [0.3, 0.4) is 0 Å². The Kier molecular flexibility index (Phi) is 5.63. The second-order valence-corrected chi connectivity index (χ2v) is 8.01. The molecule has 0 atom stereocenters. The molecule has 0 radical (unpaired) electrons. The van der Waals surface area contributed by atoms with Crippen LogP contribution < -0.4 is 10.2 Å². The molecule has 2 heterocycles. The number of carbonyl (C=O) groups is 2. The fourth-order valence-corrected chi connectivity index (χ4v) is 3.55. The van der Waals surface area contributed by atoms with E-state index >= 15 is 0 Å². The van der Waals surface area contributed by atoms with Crippen molar-refractivity contribution in [2.45, 2.75) is 19.0 Å². The molecule has 186 valence electrons. The molecule has 2 N–H and O–H groups in total. The van der Waals surface area contributed by atoms with Gasteiger partial charge in [0, 0.05) is 52.5 Å². The van der Waals surface area contributed by atoms with Crippen LogP contribution >= 0.6 is 0 Å². The predicted molar refractivity (Wildman–Crippen MR) is 127 cm³/mol. The van der Waals surface area contributed by atoms with Gasteiger partial charge in [-0.3, -0.25) is 14.0 Å². The van der Waals surface area contributed by atoms with E-state index < -0.39 is 30.0 Å². The van der Waals surface area contributed by atoms with Gasteiger partial charge >= 0.3 is 12.1 Å². The van der Waals surface area contributed by atoms with Crippen molar-refractivity contribution in [3.05, 3.63) is 89.0 Å². The first kappa shape index (κ1) is 20.9. The van der Waals surface area contributed by atoms with Gasteiger partial charge in [0.2, 0.25) is 0 Å². The van der Waals surface area contributed by atoms with Crippen LogP contribution in [0, 0.1) is 0 Å². The number of amides is 1. The molecule has 11 heteroatoms. The average molecular weight is 500 g/mol. The largest absolute Gasteiger partial charge is 0.481 e. The molecule has 0 unspecified atom stereocenters. The van der Waals surface area contributed by atoms with E-state index in [4.69, 9.17) is 4.15 Å². The first-order valence-electron chi connectivity index (χ1n) is 12.0. The number of carboxylic acids is 1. The number of hydrogen-bond acceptors (Lipinski definition) is 5. The highest BCUT2D eigenvalue weighted by atomic mass is 19.4. The minimum Gasteiger partial charge on any atom is -0.481 e. The second-order valence-electron chi connectivity index (χ2n) is 8.01. The predicted octanol–water partition coefficient (Wildman–Crippen LogP) is 4.28. The summed E-state index contributed by atoms with van der Waals surface area (Å²) in [6.07, 6.45) is -4.12. The van der Waals surface area contributed by atoms with Crippen LogP contribution in [0.25, 0.3) is 5.65 Å². The lowest BCUT2D eigenvalue weighted by Crippen LogP contribution is -2.19. The van der Waals surface area contributed by atoms with Crippen molar-refractivity contribution < 1.29 is 32.0 Å². The molecule has 0 saturated carbocycles. The second kappa shape index (κ2) is 9.68. The van der Waals surface area contributed by atoms with Gasteiger partial charge in [-0.05, 0) is 42.0 Å². The van der Waals surface area contributed by atoms with E-state index in [1.165, 1.54) is 27.6 Å². The van der Waals surface area contributed by atoms with Crippen molar-refractivity contribution in [1.82, 2.24) is 14.4 Å². The number of nitrogens with one attached hydrogen (secondary N) is 1.